The van der Waals surface area contributed by atoms with Gasteiger partial charge < -0.3 is 10.2 Å². The first-order valence-corrected chi connectivity index (χ1v) is 14.8. The monoisotopic (exact) mass is 529 g/mol. The Morgan fingerprint density at radius 1 is 1.00 bits per heavy atom. The van der Waals surface area contributed by atoms with Gasteiger partial charge in [-0.1, -0.05) is 6.07 Å². The molecule has 1 saturated heterocycles. The van der Waals surface area contributed by atoms with Crippen LogP contribution in [0.3, 0.4) is 0 Å². The van der Waals surface area contributed by atoms with E-state index in [-0.39, 0.29) is 35.7 Å². The predicted molar refractivity (Wildman–Crippen MR) is 147 cm³/mol. The Bertz CT molecular complexity index is 1330. The van der Waals surface area contributed by atoms with Crippen LogP contribution in [0.15, 0.2) is 18.2 Å². The summed E-state index contributed by atoms with van der Waals surface area (Å²) in [7, 11) is 1.87. The van der Waals surface area contributed by atoms with Gasteiger partial charge in [0.2, 0.25) is 5.91 Å². The van der Waals surface area contributed by atoms with Crippen molar-refractivity contribution in [1.82, 2.24) is 20.0 Å². The van der Waals surface area contributed by atoms with Gasteiger partial charge in [0.1, 0.15) is 0 Å². The summed E-state index contributed by atoms with van der Waals surface area (Å²) in [5.74, 6) is 2.18. The molecule has 6 aliphatic rings. The van der Waals surface area contributed by atoms with E-state index in [0.717, 1.165) is 53.2 Å². The Balaban J connectivity index is 1.04. The van der Waals surface area contributed by atoms with Crippen molar-refractivity contribution in [1.29, 1.82) is 0 Å². The molecule has 4 aliphatic carbocycles. The van der Waals surface area contributed by atoms with Gasteiger partial charge in [0.15, 0.2) is 0 Å². The summed E-state index contributed by atoms with van der Waals surface area (Å²) in [6.07, 6.45) is 9.15. The number of aryl methyl sites for hydroxylation is 2. The van der Waals surface area contributed by atoms with Gasteiger partial charge in [-0.3, -0.25) is 24.0 Å². The number of aromatic nitrogens is 2. The number of imide groups is 1. The minimum absolute atomic E-state index is 0.0105. The number of hydrogen-bond donors (Lipinski definition) is 1. The molecule has 8 rings (SSSR count). The standard InChI is InChI=1S/C31H39N5O3/c1-18-25(19(2)34(3)33-18)17-36-29(38)24-5-4-6-26(27(24)30(36)39)35-9-7-23(8-10-35)28(37)32-31-14-20-11-21(15-31)13-22(12-20)16-31/h4-6,20-23H,7-17H2,1-3H3,(H,32,37). The smallest absolute Gasteiger partial charge is 0.263 e. The lowest BCUT2D eigenvalue weighted by Crippen LogP contribution is -2.61. The fraction of sp³-hybridized carbons (Fsp3) is 0.613. The first kappa shape index (κ1) is 24.9. The van der Waals surface area contributed by atoms with Gasteiger partial charge in [-0.25, -0.2) is 0 Å². The average Bonchev–Trinajstić information content (AvgIpc) is 3.29. The topological polar surface area (TPSA) is 87.5 Å². The predicted octanol–water partition coefficient (Wildman–Crippen LogP) is 4.13. The van der Waals surface area contributed by atoms with Crippen molar-refractivity contribution in [3.8, 4) is 0 Å². The first-order chi connectivity index (χ1) is 18.7. The normalized spacial score (nSPS) is 29.9. The van der Waals surface area contributed by atoms with Crippen LogP contribution in [0.25, 0.3) is 0 Å². The zero-order chi connectivity index (χ0) is 27.1. The van der Waals surface area contributed by atoms with Gasteiger partial charge in [0.25, 0.3) is 11.8 Å². The Morgan fingerprint density at radius 3 is 2.23 bits per heavy atom. The number of piperidine rings is 1. The lowest BCUT2D eigenvalue weighted by molar-refractivity contribution is -0.131. The van der Waals surface area contributed by atoms with Crippen LogP contribution < -0.4 is 10.2 Å². The van der Waals surface area contributed by atoms with E-state index in [1.165, 1.54) is 43.4 Å². The van der Waals surface area contributed by atoms with E-state index in [0.29, 0.717) is 24.2 Å². The summed E-state index contributed by atoms with van der Waals surface area (Å²) in [4.78, 5) is 43.9. The molecule has 4 bridgehead atoms. The number of rotatable bonds is 5. The summed E-state index contributed by atoms with van der Waals surface area (Å²) in [5, 5.41) is 8.02. The van der Waals surface area contributed by atoms with Crippen molar-refractivity contribution in [2.75, 3.05) is 18.0 Å². The molecule has 1 N–H and O–H groups in total. The molecule has 3 amide bonds. The van der Waals surface area contributed by atoms with E-state index < -0.39 is 0 Å². The molecule has 0 radical (unpaired) electrons. The minimum atomic E-state index is -0.246. The van der Waals surface area contributed by atoms with Gasteiger partial charge in [0, 0.05) is 42.9 Å². The summed E-state index contributed by atoms with van der Waals surface area (Å²) in [5.41, 5.74) is 4.53. The van der Waals surface area contributed by atoms with Crippen molar-refractivity contribution in [3.63, 3.8) is 0 Å². The molecule has 4 saturated carbocycles. The fourth-order valence-electron chi connectivity index (χ4n) is 8.94. The van der Waals surface area contributed by atoms with Crippen LogP contribution in [0.5, 0.6) is 0 Å². The quantitative estimate of drug-likeness (QED) is 0.589. The van der Waals surface area contributed by atoms with E-state index in [9.17, 15) is 14.4 Å². The fourth-order valence-corrected chi connectivity index (χ4v) is 8.94. The van der Waals surface area contributed by atoms with Gasteiger partial charge in [-0.15, -0.1) is 0 Å². The van der Waals surface area contributed by atoms with E-state index >= 15 is 0 Å². The molecule has 2 aliphatic heterocycles. The molecule has 0 spiro atoms. The molecular weight excluding hydrogens is 490 g/mol. The number of benzene rings is 1. The van der Waals surface area contributed by atoms with Crippen molar-refractivity contribution in [2.24, 2.45) is 30.7 Å². The number of anilines is 1. The Hall–Kier alpha value is -3.16. The van der Waals surface area contributed by atoms with Crippen LogP contribution in [0, 0.1) is 37.5 Å². The van der Waals surface area contributed by atoms with Crippen LogP contribution in [-0.2, 0) is 18.4 Å². The van der Waals surface area contributed by atoms with Gasteiger partial charge in [-0.05, 0) is 95.1 Å². The van der Waals surface area contributed by atoms with Crippen molar-refractivity contribution >= 4 is 23.4 Å². The highest BCUT2D eigenvalue weighted by Crippen LogP contribution is 2.55. The van der Waals surface area contributed by atoms with Gasteiger partial charge >= 0.3 is 0 Å². The second-order valence-corrected chi connectivity index (χ2v) is 13.1. The maximum atomic E-state index is 13.6. The number of carbonyl (C=O) groups excluding carboxylic acids is 3. The third kappa shape index (κ3) is 4.01. The highest BCUT2D eigenvalue weighted by atomic mass is 16.2. The number of amides is 3. The number of fused-ring (bicyclic) bond motifs is 1. The molecule has 8 heteroatoms. The summed E-state index contributed by atoms with van der Waals surface area (Å²) >= 11 is 0. The maximum Gasteiger partial charge on any atom is 0.263 e. The number of carbonyl (C=O) groups is 3. The van der Waals surface area contributed by atoms with E-state index in [1.54, 1.807) is 10.7 Å². The lowest BCUT2D eigenvalue weighted by atomic mass is 9.53. The summed E-state index contributed by atoms with van der Waals surface area (Å²) in [6, 6.07) is 5.58. The Labute approximate surface area is 230 Å². The summed E-state index contributed by atoms with van der Waals surface area (Å²) < 4.78 is 1.79. The van der Waals surface area contributed by atoms with Gasteiger partial charge in [-0.2, -0.15) is 5.10 Å². The minimum Gasteiger partial charge on any atom is -0.371 e. The van der Waals surface area contributed by atoms with Crippen LogP contribution in [0.2, 0.25) is 0 Å². The number of nitrogens with one attached hydrogen (secondary N) is 1. The van der Waals surface area contributed by atoms with Crippen molar-refractivity contribution < 1.29 is 14.4 Å². The molecule has 8 nitrogen and oxygen atoms in total. The van der Waals surface area contributed by atoms with E-state index in [1.807, 2.05) is 33.0 Å². The second-order valence-electron chi connectivity index (χ2n) is 13.1. The molecule has 39 heavy (non-hydrogen) atoms. The third-order valence-corrected chi connectivity index (χ3v) is 10.6. The molecular formula is C31H39N5O3. The molecule has 1 aromatic heterocycles. The number of nitrogens with zero attached hydrogens (tertiary/aromatic N) is 4. The largest absolute Gasteiger partial charge is 0.371 e. The van der Waals surface area contributed by atoms with Gasteiger partial charge in [0.05, 0.1) is 29.1 Å². The zero-order valence-corrected chi connectivity index (χ0v) is 23.3. The zero-order valence-electron chi connectivity index (χ0n) is 23.3. The second kappa shape index (κ2) is 8.93. The molecule has 3 heterocycles. The Morgan fingerprint density at radius 2 is 1.64 bits per heavy atom. The molecule has 5 fully saturated rings. The van der Waals surface area contributed by atoms with Crippen LogP contribution in [-0.4, -0.2) is 51.0 Å². The Kier molecular flexibility index (Phi) is 5.69. The molecule has 0 unspecified atom stereocenters. The maximum absolute atomic E-state index is 13.6. The van der Waals surface area contributed by atoms with Crippen molar-refractivity contribution in [2.45, 2.75) is 77.3 Å². The average molecular weight is 530 g/mol. The molecule has 2 aromatic rings. The third-order valence-electron chi connectivity index (χ3n) is 10.6. The lowest BCUT2D eigenvalue weighted by Gasteiger charge is -2.57. The van der Waals surface area contributed by atoms with E-state index in [2.05, 4.69) is 15.3 Å². The molecule has 0 atom stereocenters. The van der Waals surface area contributed by atoms with Crippen LogP contribution >= 0.6 is 0 Å². The highest BCUT2D eigenvalue weighted by molar-refractivity contribution is 6.23. The SMILES string of the molecule is Cc1nn(C)c(C)c1CN1C(=O)c2cccc(N3CCC(C(=O)NC45CC6CC(CC(C6)C4)C5)CC3)c2C1=O. The molecule has 206 valence electrons. The molecule has 1 aromatic carbocycles. The van der Waals surface area contributed by atoms with E-state index in [4.69, 9.17) is 0 Å². The van der Waals surface area contributed by atoms with Crippen LogP contribution in [0.4, 0.5) is 5.69 Å². The first-order valence-electron chi connectivity index (χ1n) is 14.8. The number of hydrogen-bond acceptors (Lipinski definition) is 5. The summed E-state index contributed by atoms with van der Waals surface area (Å²) in [6.45, 7) is 5.51. The highest BCUT2D eigenvalue weighted by Gasteiger charge is 2.52. The van der Waals surface area contributed by atoms with Crippen LogP contribution in [0.1, 0.15) is 89.0 Å². The van der Waals surface area contributed by atoms with Crippen molar-refractivity contribution in [3.05, 3.63) is 46.3 Å².